The van der Waals surface area contributed by atoms with E-state index in [1.165, 1.54) is 5.56 Å². The predicted octanol–water partition coefficient (Wildman–Crippen LogP) is 2.34. The van der Waals surface area contributed by atoms with Crippen LogP contribution in [-0.2, 0) is 11.2 Å². The molecule has 0 aliphatic carbocycles. The Morgan fingerprint density at radius 3 is 2.50 bits per heavy atom. The minimum absolute atomic E-state index is 0.259. The third-order valence-electron chi connectivity index (χ3n) is 1.87. The molecule has 2 nitrogen and oxygen atoms in total. The number of benzene rings is 1. The summed E-state index contributed by atoms with van der Waals surface area (Å²) in [6.07, 6.45) is 0.923. The van der Waals surface area contributed by atoms with Crippen molar-refractivity contribution < 1.29 is 9.53 Å². The minimum atomic E-state index is -0.259. The van der Waals surface area contributed by atoms with Gasteiger partial charge in [-0.25, -0.2) is 4.79 Å². The Bertz CT molecular complexity index is 293. The highest BCUT2D eigenvalue weighted by molar-refractivity contribution is 7.80. The number of hydrogen-bond acceptors (Lipinski definition) is 3. The molecule has 0 amide bonds. The lowest BCUT2D eigenvalue weighted by Gasteiger charge is -2.02. The molecule has 0 bridgehead atoms. The zero-order valence-electron chi connectivity index (χ0n) is 8.19. The lowest BCUT2D eigenvalue weighted by atomic mass is 10.1. The Morgan fingerprint density at radius 1 is 1.36 bits per heavy atom. The highest BCUT2D eigenvalue weighted by Crippen LogP contribution is 2.07. The normalized spacial score (nSPS) is 9.86. The Morgan fingerprint density at radius 2 is 2.00 bits per heavy atom. The summed E-state index contributed by atoms with van der Waals surface area (Å²) in [5.41, 5.74) is 1.79. The molecule has 0 radical (unpaired) electrons. The molecule has 1 rings (SSSR count). The summed E-state index contributed by atoms with van der Waals surface area (Å²) in [5, 5.41) is 0. The first-order chi connectivity index (χ1) is 6.77. The summed E-state index contributed by atoms with van der Waals surface area (Å²) in [4.78, 5) is 11.3. The van der Waals surface area contributed by atoms with Crippen LogP contribution >= 0.6 is 12.6 Å². The van der Waals surface area contributed by atoms with Gasteiger partial charge in [0.2, 0.25) is 0 Å². The maximum absolute atomic E-state index is 11.3. The molecule has 0 aromatic heterocycles. The fourth-order valence-corrected chi connectivity index (χ4v) is 1.41. The van der Waals surface area contributed by atoms with Gasteiger partial charge in [0.05, 0.1) is 12.2 Å². The molecule has 1 aromatic rings. The van der Waals surface area contributed by atoms with E-state index in [0.29, 0.717) is 12.2 Å². The van der Waals surface area contributed by atoms with Gasteiger partial charge >= 0.3 is 5.97 Å². The van der Waals surface area contributed by atoms with E-state index in [0.717, 1.165) is 12.2 Å². The van der Waals surface area contributed by atoms with Gasteiger partial charge in [0, 0.05) is 0 Å². The summed E-state index contributed by atoms with van der Waals surface area (Å²) >= 11 is 4.14. The van der Waals surface area contributed by atoms with Gasteiger partial charge in [-0.15, -0.1) is 0 Å². The molecular weight excluding hydrogens is 196 g/mol. The molecule has 76 valence electrons. The van der Waals surface area contributed by atoms with Crippen molar-refractivity contribution in [1.29, 1.82) is 0 Å². The first-order valence-corrected chi connectivity index (χ1v) is 5.28. The number of aryl methyl sites for hydroxylation is 1. The number of rotatable bonds is 4. The van der Waals surface area contributed by atoms with Crippen LogP contribution in [0.4, 0.5) is 0 Å². The van der Waals surface area contributed by atoms with Crippen molar-refractivity contribution in [2.24, 2.45) is 0 Å². The smallest absolute Gasteiger partial charge is 0.338 e. The number of carbonyl (C=O) groups excluding carboxylic acids is 1. The molecule has 0 atom stereocenters. The monoisotopic (exact) mass is 210 g/mol. The lowest BCUT2D eigenvalue weighted by Crippen LogP contribution is -2.04. The summed E-state index contributed by atoms with van der Waals surface area (Å²) in [6, 6.07) is 7.44. The number of carbonyl (C=O) groups is 1. The van der Waals surface area contributed by atoms with Gasteiger partial charge in [0.1, 0.15) is 0 Å². The molecule has 0 saturated carbocycles. The van der Waals surface area contributed by atoms with E-state index in [4.69, 9.17) is 4.74 Å². The summed E-state index contributed by atoms with van der Waals surface area (Å²) in [6.45, 7) is 2.21. The maximum Gasteiger partial charge on any atom is 0.338 e. The Hall–Kier alpha value is -0.960. The van der Waals surface area contributed by atoms with Gasteiger partial charge in [-0.05, 0) is 36.8 Å². The molecule has 0 spiro atoms. The van der Waals surface area contributed by atoms with Crippen molar-refractivity contribution in [3.8, 4) is 0 Å². The van der Waals surface area contributed by atoms with E-state index in [1.807, 2.05) is 12.1 Å². The van der Waals surface area contributed by atoms with Gasteiger partial charge in [0.25, 0.3) is 0 Å². The number of hydrogen-bond donors (Lipinski definition) is 1. The quantitative estimate of drug-likeness (QED) is 0.610. The maximum atomic E-state index is 11.3. The van der Waals surface area contributed by atoms with E-state index in [9.17, 15) is 4.79 Å². The average Bonchev–Trinajstić information content (AvgIpc) is 2.20. The van der Waals surface area contributed by atoms with Gasteiger partial charge in [-0.1, -0.05) is 12.1 Å². The van der Waals surface area contributed by atoms with Crippen molar-refractivity contribution in [2.75, 3.05) is 12.4 Å². The van der Waals surface area contributed by atoms with Crippen molar-refractivity contribution >= 4 is 18.6 Å². The molecule has 1 aromatic carbocycles. The third kappa shape index (κ3) is 3.07. The highest BCUT2D eigenvalue weighted by Gasteiger charge is 2.04. The molecule has 0 N–H and O–H groups in total. The topological polar surface area (TPSA) is 26.3 Å². The molecule has 0 aliphatic rings. The number of esters is 1. The zero-order chi connectivity index (χ0) is 10.4. The molecule has 14 heavy (non-hydrogen) atoms. The van der Waals surface area contributed by atoms with Crippen LogP contribution in [0.15, 0.2) is 24.3 Å². The molecule has 0 fully saturated rings. The van der Waals surface area contributed by atoms with E-state index < -0.39 is 0 Å². The van der Waals surface area contributed by atoms with Crippen LogP contribution in [0.2, 0.25) is 0 Å². The Kier molecular flexibility index (Phi) is 4.53. The van der Waals surface area contributed by atoms with Gasteiger partial charge in [-0.2, -0.15) is 12.6 Å². The zero-order valence-corrected chi connectivity index (χ0v) is 9.09. The van der Waals surface area contributed by atoms with Gasteiger partial charge < -0.3 is 4.74 Å². The highest BCUT2D eigenvalue weighted by atomic mass is 32.1. The van der Waals surface area contributed by atoms with Crippen LogP contribution < -0.4 is 0 Å². The minimum Gasteiger partial charge on any atom is -0.462 e. The van der Waals surface area contributed by atoms with Crippen molar-refractivity contribution in [1.82, 2.24) is 0 Å². The van der Waals surface area contributed by atoms with Gasteiger partial charge in [-0.3, -0.25) is 0 Å². The van der Waals surface area contributed by atoms with Crippen LogP contribution in [0, 0.1) is 0 Å². The largest absolute Gasteiger partial charge is 0.462 e. The first kappa shape index (κ1) is 11.1. The average molecular weight is 210 g/mol. The molecule has 0 saturated heterocycles. The predicted molar refractivity (Wildman–Crippen MR) is 60.0 cm³/mol. The Labute approximate surface area is 89.7 Å². The Balaban J connectivity index is 2.67. The van der Waals surface area contributed by atoms with E-state index in [2.05, 4.69) is 12.6 Å². The second-order valence-corrected chi connectivity index (χ2v) is 3.34. The summed E-state index contributed by atoms with van der Waals surface area (Å²) < 4.78 is 4.87. The van der Waals surface area contributed by atoms with E-state index in [1.54, 1.807) is 19.1 Å². The second kappa shape index (κ2) is 5.70. The number of thiol groups is 1. The van der Waals surface area contributed by atoms with Crippen LogP contribution in [-0.4, -0.2) is 18.3 Å². The fourth-order valence-electron chi connectivity index (χ4n) is 1.15. The van der Waals surface area contributed by atoms with Crippen LogP contribution in [0.3, 0.4) is 0 Å². The van der Waals surface area contributed by atoms with Crippen LogP contribution in [0.5, 0.6) is 0 Å². The molecule has 3 heteroatoms. The summed E-state index contributed by atoms with van der Waals surface area (Å²) in [5.74, 6) is 0.559. The standard InChI is InChI=1S/C11H14O2S/c1-2-13-11(12)10-5-3-9(4-6-10)7-8-14/h3-6,14H,2,7-8H2,1H3. The van der Waals surface area contributed by atoms with E-state index >= 15 is 0 Å². The lowest BCUT2D eigenvalue weighted by molar-refractivity contribution is 0.0526. The molecule has 0 aliphatic heterocycles. The summed E-state index contributed by atoms with van der Waals surface area (Å²) in [7, 11) is 0. The van der Waals surface area contributed by atoms with Gasteiger partial charge in [0.15, 0.2) is 0 Å². The van der Waals surface area contributed by atoms with Crippen molar-refractivity contribution in [3.05, 3.63) is 35.4 Å². The van der Waals surface area contributed by atoms with Crippen LogP contribution in [0.25, 0.3) is 0 Å². The fraction of sp³-hybridized carbons (Fsp3) is 0.364. The SMILES string of the molecule is CCOC(=O)c1ccc(CCS)cc1. The number of ether oxygens (including phenoxy) is 1. The van der Waals surface area contributed by atoms with Crippen molar-refractivity contribution in [2.45, 2.75) is 13.3 Å². The van der Waals surface area contributed by atoms with Crippen molar-refractivity contribution in [3.63, 3.8) is 0 Å². The molecule has 0 unspecified atom stereocenters. The van der Waals surface area contributed by atoms with E-state index in [-0.39, 0.29) is 5.97 Å². The second-order valence-electron chi connectivity index (χ2n) is 2.89. The first-order valence-electron chi connectivity index (χ1n) is 4.65. The molecular formula is C11H14O2S. The third-order valence-corrected chi connectivity index (χ3v) is 2.09. The molecule has 0 heterocycles. The van der Waals surface area contributed by atoms with Crippen LogP contribution in [0.1, 0.15) is 22.8 Å².